The Morgan fingerprint density at radius 2 is 1.02 bits per heavy atom. The van der Waals surface area contributed by atoms with Crippen molar-refractivity contribution in [1.29, 1.82) is 0 Å². The Balaban J connectivity index is 0.000000167. The summed E-state index contributed by atoms with van der Waals surface area (Å²) in [6.07, 6.45) is -1.07. The minimum absolute atomic E-state index is 0. The number of nitrogens with two attached hydrogens (primary N) is 2. The third kappa shape index (κ3) is 10.1. The summed E-state index contributed by atoms with van der Waals surface area (Å²) in [6.45, 7) is 0. The van der Waals surface area contributed by atoms with E-state index in [0.29, 0.717) is 34.0 Å². The first-order valence-electron chi connectivity index (χ1n) is 16.6. The zero-order chi connectivity index (χ0) is 40.2. The highest BCUT2D eigenvalue weighted by molar-refractivity contribution is 5.93. The molecule has 20 nitrogen and oxygen atoms in total. The number of benzene rings is 4. The molecule has 0 aliphatic heterocycles. The van der Waals surface area contributed by atoms with Gasteiger partial charge in [-0.1, -0.05) is 56.0 Å². The van der Waals surface area contributed by atoms with Crippen LogP contribution in [0.5, 0.6) is 0 Å². The number of hydrogen-bond acceptors (Lipinski definition) is 12. The van der Waals surface area contributed by atoms with Crippen LogP contribution in [-0.2, 0) is 9.47 Å². The molecule has 20 heteroatoms. The fraction of sp³-hybridized carbons (Fsp3) is 0.135. The number of hydrogen-bond donors (Lipinski definition) is 8. The van der Waals surface area contributed by atoms with Crippen LogP contribution >= 0.6 is 0 Å². The number of fused-ring (bicyclic) bond motifs is 4. The molecule has 0 spiro atoms. The van der Waals surface area contributed by atoms with E-state index in [1.807, 2.05) is 78.9 Å². The van der Waals surface area contributed by atoms with Gasteiger partial charge in [0.15, 0.2) is 0 Å². The Morgan fingerprint density at radius 1 is 0.579 bits per heavy atom. The van der Waals surface area contributed by atoms with Crippen LogP contribution in [0.25, 0.3) is 44.1 Å². The van der Waals surface area contributed by atoms with Gasteiger partial charge in [-0.05, 0) is 48.5 Å². The lowest BCUT2D eigenvalue weighted by atomic mass is 10.3. The van der Waals surface area contributed by atoms with Crippen molar-refractivity contribution in [2.75, 3.05) is 50.4 Å². The first-order chi connectivity index (χ1) is 27.1. The van der Waals surface area contributed by atoms with E-state index in [1.165, 1.54) is 23.4 Å². The molecule has 4 heterocycles. The summed E-state index contributed by atoms with van der Waals surface area (Å²) in [7, 11) is 5.71. The Kier molecular flexibility index (Phi) is 14.0. The number of rotatable bonds is 2. The summed E-state index contributed by atoms with van der Waals surface area (Å²) in [5.74, 6) is 1.17. The molecule has 8 aromatic rings. The molecule has 8 rings (SSSR count). The van der Waals surface area contributed by atoms with Crippen LogP contribution in [0.1, 0.15) is 7.43 Å². The molecule has 0 fully saturated rings. The number of para-hydroxylation sites is 8. The summed E-state index contributed by atoms with van der Waals surface area (Å²) < 4.78 is 11.6. The molecule has 0 bridgehead atoms. The van der Waals surface area contributed by atoms with Gasteiger partial charge in [-0.25, -0.2) is 48.2 Å². The molecule has 0 radical (unpaired) electrons. The van der Waals surface area contributed by atoms with Crippen LogP contribution in [0.3, 0.4) is 0 Å². The van der Waals surface area contributed by atoms with Gasteiger partial charge in [0, 0.05) is 14.1 Å². The van der Waals surface area contributed by atoms with E-state index >= 15 is 0 Å². The topological polar surface area (TPSA) is 280 Å². The molecule has 296 valence electrons. The van der Waals surface area contributed by atoms with E-state index in [2.05, 4.69) is 60.6 Å². The second-order valence-electron chi connectivity index (χ2n) is 11.1. The predicted molar refractivity (Wildman–Crippen MR) is 219 cm³/mol. The predicted octanol–water partition coefficient (Wildman–Crippen LogP) is 5.73. The summed E-state index contributed by atoms with van der Waals surface area (Å²) in [6, 6.07) is 29.0. The van der Waals surface area contributed by atoms with E-state index < -0.39 is 12.2 Å². The Hall–Kier alpha value is -8.16. The number of amides is 4. The minimum atomic E-state index is -0.538. The van der Waals surface area contributed by atoms with Gasteiger partial charge in [0.25, 0.3) is 0 Å². The van der Waals surface area contributed by atoms with Crippen LogP contribution in [0.4, 0.5) is 43.0 Å². The number of nitrogen functional groups attached to an aromatic ring is 2. The number of imidazole rings is 4. The number of carbonyl (C=O) groups excluding carboxylic acids is 4. The molecular weight excluding hydrogens is 736 g/mol. The summed E-state index contributed by atoms with van der Waals surface area (Å²) in [5, 5.41) is 9.97. The van der Waals surface area contributed by atoms with Crippen molar-refractivity contribution in [3.05, 3.63) is 97.1 Å². The number of methoxy groups -OCH3 is 2. The second kappa shape index (κ2) is 19.3. The maximum Gasteiger partial charge on any atom is 0.421 e. The lowest BCUT2D eigenvalue weighted by Crippen LogP contribution is -2.25. The number of aromatic amines is 2. The van der Waals surface area contributed by atoms with Crippen LogP contribution in [0.15, 0.2) is 97.1 Å². The summed E-state index contributed by atoms with van der Waals surface area (Å²) in [5.41, 5.74) is 17.4. The number of aromatic nitrogens is 8. The van der Waals surface area contributed by atoms with Crippen molar-refractivity contribution in [2.45, 2.75) is 7.43 Å². The van der Waals surface area contributed by atoms with E-state index in [0.717, 1.165) is 22.1 Å². The largest absolute Gasteiger partial charge is 0.453 e. The smallest absolute Gasteiger partial charge is 0.421 e. The van der Waals surface area contributed by atoms with Gasteiger partial charge < -0.3 is 41.5 Å². The molecule has 4 amide bonds. The highest BCUT2D eigenvalue weighted by Crippen LogP contribution is 2.18. The van der Waals surface area contributed by atoms with Crippen molar-refractivity contribution in [2.24, 2.45) is 0 Å². The van der Waals surface area contributed by atoms with Gasteiger partial charge in [0.05, 0.1) is 58.4 Å². The van der Waals surface area contributed by atoms with Crippen molar-refractivity contribution in [3.8, 4) is 0 Å². The van der Waals surface area contributed by atoms with Gasteiger partial charge in [0.2, 0.25) is 23.8 Å². The average molecular weight is 779 g/mol. The highest BCUT2D eigenvalue weighted by Gasteiger charge is 2.14. The molecule has 0 saturated heterocycles. The molecule has 10 N–H and O–H groups in total. The van der Waals surface area contributed by atoms with Crippen LogP contribution in [-0.4, -0.2) is 91.6 Å². The molecule has 0 unspecified atom stereocenters. The molecule has 0 atom stereocenters. The Morgan fingerprint density at radius 3 is 1.47 bits per heavy atom. The molecule has 0 saturated carbocycles. The quantitative estimate of drug-likeness (QED) is 0.104. The molecule has 0 aliphatic carbocycles. The number of urea groups is 1. The van der Waals surface area contributed by atoms with Gasteiger partial charge in [-0.3, -0.25) is 10.6 Å². The number of nitrogens with zero attached hydrogens (tertiary/aromatic N) is 6. The number of ether oxygens (including phenoxy) is 2. The van der Waals surface area contributed by atoms with Gasteiger partial charge in [0.1, 0.15) is 0 Å². The van der Waals surface area contributed by atoms with Crippen molar-refractivity contribution < 1.29 is 28.7 Å². The van der Waals surface area contributed by atoms with Crippen molar-refractivity contribution in [1.82, 2.24) is 49.7 Å². The third-order valence-corrected chi connectivity index (χ3v) is 7.59. The summed E-state index contributed by atoms with van der Waals surface area (Å²) in [4.78, 5) is 66.9. The Labute approximate surface area is 325 Å². The first-order valence-corrected chi connectivity index (χ1v) is 16.6. The molecule has 4 aromatic carbocycles. The maximum atomic E-state index is 11.4. The van der Waals surface area contributed by atoms with Crippen molar-refractivity contribution in [3.63, 3.8) is 0 Å². The minimum Gasteiger partial charge on any atom is -0.453 e. The lowest BCUT2D eigenvalue weighted by molar-refractivity contribution is 0.174. The lowest BCUT2D eigenvalue weighted by Gasteiger charge is -2.02. The zero-order valence-electron chi connectivity index (χ0n) is 30.5. The standard InChI is InChI=1S/2C9H10N4O.2C9H9N3O2.CH4/c1-11-9(14)13-7-5-3-2-4-6(7)12-8(13)10;1-10-9(14)13-8-11-6-4-2-3-5-7(6)12-8;1-14-9(13)12-7-5-3-2-4-6(7)11-8(12)10;1-14-9(13)12-8-10-6-4-2-3-5-7(6)11-8;/h2-5H,1H3,(H2,10,12)(H,11,14);2-5H,1H3,(H3,10,11,12,13,14);2-5H,1H3,(H2,10,11);2-5H,1H3,(H2,10,11,12,13);1H4. The molecule has 4 aromatic heterocycles. The number of carbonyl (C=O) groups is 4. The van der Waals surface area contributed by atoms with E-state index in [4.69, 9.17) is 11.5 Å². The SMILES string of the molecule is C.CNC(=O)Nc1nc2ccccc2[nH]1.CNC(=O)n1c(N)nc2ccccc21.COC(=O)Nc1nc2ccccc2[nH]1.COC(=O)n1c(N)nc2ccccc21. The average Bonchev–Trinajstić information content (AvgIpc) is 3.99. The molecular formula is C37H42N14O6. The first kappa shape index (κ1) is 41.6. The van der Waals surface area contributed by atoms with E-state index in [-0.39, 0.29) is 31.4 Å². The van der Waals surface area contributed by atoms with Crippen LogP contribution < -0.4 is 32.7 Å². The van der Waals surface area contributed by atoms with E-state index in [9.17, 15) is 19.2 Å². The monoisotopic (exact) mass is 778 g/mol. The van der Waals surface area contributed by atoms with Gasteiger partial charge >= 0.3 is 24.2 Å². The van der Waals surface area contributed by atoms with E-state index in [1.54, 1.807) is 32.3 Å². The highest BCUT2D eigenvalue weighted by atomic mass is 16.5. The molecule has 0 aliphatic rings. The van der Waals surface area contributed by atoms with Crippen LogP contribution in [0, 0.1) is 0 Å². The number of anilines is 4. The van der Waals surface area contributed by atoms with Crippen molar-refractivity contribution >= 4 is 92.2 Å². The third-order valence-electron chi connectivity index (χ3n) is 7.59. The number of nitrogens with one attached hydrogen (secondary N) is 6. The summed E-state index contributed by atoms with van der Waals surface area (Å²) >= 11 is 0. The maximum absolute atomic E-state index is 11.4. The molecule has 57 heavy (non-hydrogen) atoms. The normalized spacial score (nSPS) is 10.0. The fourth-order valence-electron chi connectivity index (χ4n) is 5.04. The van der Waals surface area contributed by atoms with Crippen LogP contribution in [0.2, 0.25) is 0 Å². The number of H-pyrrole nitrogens is 2. The second-order valence-corrected chi connectivity index (χ2v) is 11.1. The Bertz CT molecular complexity index is 2380. The van der Waals surface area contributed by atoms with Gasteiger partial charge in [-0.2, -0.15) is 0 Å². The van der Waals surface area contributed by atoms with Gasteiger partial charge in [-0.15, -0.1) is 0 Å². The fourth-order valence-corrected chi connectivity index (χ4v) is 5.04. The zero-order valence-corrected chi connectivity index (χ0v) is 30.5.